The van der Waals surface area contributed by atoms with E-state index in [1.807, 2.05) is 0 Å². The standard InChI is InChI=1S/C8H15NO3/c1-2-11-8(10)7-4-3-6(9)5-12-7/h6-7H,2-5,9H2,1H3. The molecule has 1 saturated heterocycles. The molecular weight excluding hydrogens is 158 g/mol. The van der Waals surface area contributed by atoms with E-state index < -0.39 is 0 Å². The number of hydrogen-bond acceptors (Lipinski definition) is 4. The van der Waals surface area contributed by atoms with Crippen molar-refractivity contribution < 1.29 is 14.3 Å². The molecule has 0 radical (unpaired) electrons. The van der Waals surface area contributed by atoms with E-state index in [9.17, 15) is 4.79 Å². The normalized spacial score (nSPS) is 29.8. The third-order valence-electron chi connectivity index (χ3n) is 1.86. The molecule has 12 heavy (non-hydrogen) atoms. The largest absolute Gasteiger partial charge is 0.464 e. The molecule has 0 bridgehead atoms. The maximum Gasteiger partial charge on any atom is 0.335 e. The smallest absolute Gasteiger partial charge is 0.335 e. The van der Waals surface area contributed by atoms with Crippen LogP contribution in [0.4, 0.5) is 0 Å². The van der Waals surface area contributed by atoms with Crippen LogP contribution < -0.4 is 5.73 Å². The SMILES string of the molecule is CCOC(=O)C1CCC(N)CO1. The lowest BCUT2D eigenvalue weighted by atomic mass is 10.1. The molecule has 0 aliphatic carbocycles. The molecule has 4 nitrogen and oxygen atoms in total. The minimum atomic E-state index is -0.384. The first-order valence-corrected chi connectivity index (χ1v) is 4.28. The van der Waals surface area contributed by atoms with Crippen molar-refractivity contribution in [1.29, 1.82) is 0 Å². The highest BCUT2D eigenvalue weighted by Crippen LogP contribution is 2.13. The highest BCUT2D eigenvalue weighted by atomic mass is 16.6. The van der Waals surface area contributed by atoms with Crippen LogP contribution in [-0.4, -0.2) is 31.3 Å². The number of esters is 1. The highest BCUT2D eigenvalue weighted by molar-refractivity contribution is 5.74. The Balaban J connectivity index is 2.29. The van der Waals surface area contributed by atoms with Gasteiger partial charge in [-0.15, -0.1) is 0 Å². The molecule has 0 amide bonds. The zero-order chi connectivity index (χ0) is 8.97. The van der Waals surface area contributed by atoms with Gasteiger partial charge in [0.15, 0.2) is 6.10 Å². The fourth-order valence-corrected chi connectivity index (χ4v) is 1.19. The third kappa shape index (κ3) is 2.46. The Bertz CT molecular complexity index is 152. The molecule has 1 aliphatic heterocycles. The van der Waals surface area contributed by atoms with Crippen LogP contribution in [0.15, 0.2) is 0 Å². The van der Waals surface area contributed by atoms with Gasteiger partial charge in [0.05, 0.1) is 13.2 Å². The van der Waals surface area contributed by atoms with E-state index in [1.54, 1.807) is 6.92 Å². The summed E-state index contributed by atoms with van der Waals surface area (Å²) in [5.74, 6) is -0.260. The fourth-order valence-electron chi connectivity index (χ4n) is 1.19. The molecule has 2 N–H and O–H groups in total. The van der Waals surface area contributed by atoms with Crippen LogP contribution in [0, 0.1) is 0 Å². The van der Waals surface area contributed by atoms with Crippen molar-refractivity contribution in [1.82, 2.24) is 0 Å². The monoisotopic (exact) mass is 173 g/mol. The molecule has 1 heterocycles. The average Bonchev–Trinajstić information content (AvgIpc) is 2.06. The van der Waals surface area contributed by atoms with Gasteiger partial charge in [0, 0.05) is 6.04 Å². The molecular formula is C8H15NO3. The van der Waals surface area contributed by atoms with Crippen LogP contribution in [0.25, 0.3) is 0 Å². The number of ether oxygens (including phenoxy) is 2. The number of rotatable bonds is 2. The van der Waals surface area contributed by atoms with Gasteiger partial charge in [-0.1, -0.05) is 0 Å². The predicted octanol–water partition coefficient (Wildman–Crippen LogP) is 0.0558. The third-order valence-corrected chi connectivity index (χ3v) is 1.86. The number of carbonyl (C=O) groups is 1. The maximum absolute atomic E-state index is 11.1. The van der Waals surface area contributed by atoms with Crippen molar-refractivity contribution in [3.63, 3.8) is 0 Å². The van der Waals surface area contributed by atoms with E-state index in [1.165, 1.54) is 0 Å². The molecule has 2 unspecified atom stereocenters. The molecule has 0 aromatic carbocycles. The molecule has 0 aromatic heterocycles. The Morgan fingerprint density at radius 3 is 2.92 bits per heavy atom. The highest BCUT2D eigenvalue weighted by Gasteiger charge is 2.25. The quantitative estimate of drug-likeness (QED) is 0.600. The molecule has 0 spiro atoms. The van der Waals surface area contributed by atoms with Gasteiger partial charge in [-0.3, -0.25) is 0 Å². The second-order valence-corrected chi connectivity index (χ2v) is 2.91. The zero-order valence-electron chi connectivity index (χ0n) is 7.29. The summed E-state index contributed by atoms with van der Waals surface area (Å²) in [6.07, 6.45) is 1.13. The lowest BCUT2D eigenvalue weighted by Gasteiger charge is -2.24. The number of nitrogens with two attached hydrogens (primary N) is 1. The molecule has 0 saturated carbocycles. The van der Waals surface area contributed by atoms with Gasteiger partial charge >= 0.3 is 5.97 Å². The summed E-state index contributed by atoms with van der Waals surface area (Å²) in [6.45, 7) is 2.65. The second-order valence-electron chi connectivity index (χ2n) is 2.91. The van der Waals surface area contributed by atoms with Crippen LogP contribution in [0.5, 0.6) is 0 Å². The van der Waals surface area contributed by atoms with Gasteiger partial charge in [-0.25, -0.2) is 4.79 Å². The first-order chi connectivity index (χ1) is 5.74. The lowest BCUT2D eigenvalue weighted by molar-refractivity contribution is -0.159. The summed E-state index contributed by atoms with van der Waals surface area (Å²) in [4.78, 5) is 11.1. The van der Waals surface area contributed by atoms with Crippen LogP contribution in [0.3, 0.4) is 0 Å². The van der Waals surface area contributed by atoms with Crippen molar-refractivity contribution in [3.8, 4) is 0 Å². The van der Waals surface area contributed by atoms with Crippen molar-refractivity contribution in [3.05, 3.63) is 0 Å². The lowest BCUT2D eigenvalue weighted by Crippen LogP contribution is -2.39. The molecule has 70 valence electrons. The summed E-state index contributed by atoms with van der Waals surface area (Å²) in [6, 6.07) is 0.0793. The van der Waals surface area contributed by atoms with Gasteiger partial charge < -0.3 is 15.2 Å². The minimum Gasteiger partial charge on any atom is -0.464 e. The Morgan fingerprint density at radius 2 is 2.42 bits per heavy atom. The minimum absolute atomic E-state index is 0.0793. The molecule has 1 aliphatic rings. The van der Waals surface area contributed by atoms with Crippen LogP contribution in [0.2, 0.25) is 0 Å². The summed E-state index contributed by atoms with van der Waals surface area (Å²) in [5, 5.41) is 0. The van der Waals surface area contributed by atoms with E-state index in [-0.39, 0.29) is 18.1 Å². The van der Waals surface area contributed by atoms with Gasteiger partial charge in [-0.05, 0) is 19.8 Å². The van der Waals surface area contributed by atoms with Crippen LogP contribution in [0.1, 0.15) is 19.8 Å². The fraction of sp³-hybridized carbons (Fsp3) is 0.875. The number of hydrogen-bond donors (Lipinski definition) is 1. The van der Waals surface area contributed by atoms with E-state index >= 15 is 0 Å². The van der Waals surface area contributed by atoms with E-state index in [0.29, 0.717) is 19.6 Å². The van der Waals surface area contributed by atoms with Crippen molar-refractivity contribution in [2.45, 2.75) is 31.9 Å². The first-order valence-electron chi connectivity index (χ1n) is 4.28. The molecule has 2 atom stereocenters. The van der Waals surface area contributed by atoms with Gasteiger partial charge in [0.25, 0.3) is 0 Å². The first kappa shape index (κ1) is 9.48. The number of carbonyl (C=O) groups excluding carboxylic acids is 1. The van der Waals surface area contributed by atoms with E-state index in [2.05, 4.69) is 0 Å². The summed E-state index contributed by atoms with van der Waals surface area (Å²) < 4.78 is 10.0. The topological polar surface area (TPSA) is 61.5 Å². The van der Waals surface area contributed by atoms with Gasteiger partial charge in [0.1, 0.15) is 0 Å². The summed E-state index contributed by atoms with van der Waals surface area (Å²) >= 11 is 0. The van der Waals surface area contributed by atoms with E-state index in [0.717, 1.165) is 6.42 Å². The van der Waals surface area contributed by atoms with Crippen molar-refractivity contribution in [2.24, 2.45) is 5.73 Å². The Labute approximate surface area is 72.0 Å². The average molecular weight is 173 g/mol. The Morgan fingerprint density at radius 1 is 1.67 bits per heavy atom. The van der Waals surface area contributed by atoms with Gasteiger partial charge in [-0.2, -0.15) is 0 Å². The summed E-state index contributed by atoms with van der Waals surface area (Å²) in [5.41, 5.74) is 5.59. The molecule has 1 rings (SSSR count). The van der Waals surface area contributed by atoms with Crippen LogP contribution >= 0.6 is 0 Å². The predicted molar refractivity (Wildman–Crippen MR) is 43.6 cm³/mol. The van der Waals surface area contributed by atoms with Gasteiger partial charge in [0.2, 0.25) is 0 Å². The van der Waals surface area contributed by atoms with Crippen molar-refractivity contribution in [2.75, 3.05) is 13.2 Å². The molecule has 0 aromatic rings. The summed E-state index contributed by atoms with van der Waals surface area (Å²) in [7, 11) is 0. The molecule has 1 fully saturated rings. The molecule has 4 heteroatoms. The maximum atomic E-state index is 11.1. The van der Waals surface area contributed by atoms with E-state index in [4.69, 9.17) is 15.2 Å². The van der Waals surface area contributed by atoms with Crippen LogP contribution in [-0.2, 0) is 14.3 Å². The zero-order valence-corrected chi connectivity index (χ0v) is 7.29. The Kier molecular flexibility index (Phi) is 3.49. The van der Waals surface area contributed by atoms with Crippen molar-refractivity contribution >= 4 is 5.97 Å². The Hall–Kier alpha value is -0.610. The second kappa shape index (κ2) is 4.42.